The summed E-state index contributed by atoms with van der Waals surface area (Å²) >= 11 is 31.1. The first-order valence-corrected chi connectivity index (χ1v) is 13.1. The molecule has 0 aliphatic heterocycles. The summed E-state index contributed by atoms with van der Waals surface area (Å²) in [6, 6.07) is 9.06. The second kappa shape index (κ2) is 11.1. The van der Waals surface area contributed by atoms with Crippen LogP contribution >= 0.6 is 58.0 Å². The van der Waals surface area contributed by atoms with Crippen molar-refractivity contribution in [1.29, 1.82) is 0 Å². The van der Waals surface area contributed by atoms with Gasteiger partial charge in [-0.25, -0.2) is 8.78 Å². The maximum Gasteiger partial charge on any atom is 0.255 e. The number of alkyl halides is 2. The van der Waals surface area contributed by atoms with Crippen molar-refractivity contribution in [2.45, 2.75) is 24.1 Å². The monoisotopic (exact) mass is 633 g/mol. The summed E-state index contributed by atoms with van der Waals surface area (Å²) < 4.78 is 26.8. The first-order chi connectivity index (χ1) is 18.2. The first kappa shape index (κ1) is 29.4. The van der Waals surface area contributed by atoms with Crippen molar-refractivity contribution in [3.05, 3.63) is 85.9 Å². The number of benzene rings is 3. The summed E-state index contributed by atoms with van der Waals surface area (Å²) in [5.74, 6) is -5.38. The number of hydrogen-bond donors (Lipinski definition) is 3. The van der Waals surface area contributed by atoms with E-state index in [1.807, 2.05) is 0 Å². The average molecular weight is 636 g/mol. The van der Waals surface area contributed by atoms with E-state index in [2.05, 4.69) is 16.0 Å². The highest BCUT2D eigenvalue weighted by Gasteiger charge is 2.67. The minimum atomic E-state index is -1.44. The minimum absolute atomic E-state index is 0.0710. The van der Waals surface area contributed by atoms with Crippen molar-refractivity contribution >= 4 is 92.8 Å². The van der Waals surface area contributed by atoms with Gasteiger partial charge in [-0.3, -0.25) is 14.4 Å². The lowest BCUT2D eigenvalue weighted by Crippen LogP contribution is -2.18. The maximum atomic E-state index is 14.3. The number of halogens is 7. The molecular formula is C26H18Cl5F2N3O3. The molecule has 3 aromatic rings. The molecule has 13 heteroatoms. The van der Waals surface area contributed by atoms with Gasteiger partial charge in [-0.2, -0.15) is 0 Å². The molecule has 39 heavy (non-hydrogen) atoms. The number of anilines is 3. The fraction of sp³-hybridized carbons (Fsp3) is 0.192. The van der Waals surface area contributed by atoms with Crippen LogP contribution in [0.4, 0.5) is 25.8 Å². The van der Waals surface area contributed by atoms with Crippen LogP contribution in [-0.4, -0.2) is 22.1 Å². The van der Waals surface area contributed by atoms with E-state index >= 15 is 0 Å². The van der Waals surface area contributed by atoms with Gasteiger partial charge in [0.1, 0.15) is 16.0 Å². The highest BCUT2D eigenvalue weighted by Crippen LogP contribution is 2.65. The van der Waals surface area contributed by atoms with E-state index in [1.165, 1.54) is 24.3 Å². The lowest BCUT2D eigenvalue weighted by molar-refractivity contribution is -0.117. The van der Waals surface area contributed by atoms with Crippen molar-refractivity contribution < 1.29 is 23.2 Å². The Balaban J connectivity index is 1.53. The van der Waals surface area contributed by atoms with E-state index in [-0.39, 0.29) is 37.7 Å². The third-order valence-corrected chi connectivity index (χ3v) is 8.06. The van der Waals surface area contributed by atoms with E-state index < -0.39 is 45.5 Å². The number of carbonyl (C=O) groups is 3. The van der Waals surface area contributed by atoms with Gasteiger partial charge in [0.2, 0.25) is 11.8 Å². The van der Waals surface area contributed by atoms with Crippen LogP contribution in [0.15, 0.2) is 42.5 Å². The molecule has 1 aliphatic rings. The Labute approximate surface area is 246 Å². The topological polar surface area (TPSA) is 87.3 Å². The van der Waals surface area contributed by atoms with E-state index in [4.69, 9.17) is 58.0 Å². The lowest BCUT2D eigenvalue weighted by Gasteiger charge is -2.12. The fourth-order valence-electron chi connectivity index (χ4n) is 4.15. The Kier molecular flexibility index (Phi) is 8.36. The summed E-state index contributed by atoms with van der Waals surface area (Å²) in [4.78, 5) is 37.3. The van der Waals surface area contributed by atoms with Gasteiger partial charge in [0.15, 0.2) is 0 Å². The van der Waals surface area contributed by atoms with Crippen LogP contribution in [0.1, 0.15) is 34.3 Å². The molecule has 0 bridgehead atoms. The Bertz CT molecular complexity index is 1510. The van der Waals surface area contributed by atoms with Gasteiger partial charge < -0.3 is 16.0 Å². The molecule has 3 amide bonds. The number of amides is 3. The third-order valence-electron chi connectivity index (χ3n) is 5.92. The Morgan fingerprint density at radius 1 is 0.821 bits per heavy atom. The van der Waals surface area contributed by atoms with Crippen molar-refractivity contribution in [1.82, 2.24) is 0 Å². The number of rotatable bonds is 6. The highest BCUT2D eigenvalue weighted by molar-refractivity contribution is 6.54. The molecule has 1 fully saturated rings. The lowest BCUT2D eigenvalue weighted by atomic mass is 10.1. The minimum Gasteiger partial charge on any atom is -0.326 e. The SMILES string of the molecule is CC(=O)Nc1cc(NC(=O)c2cc(C)cc(NC(=O)[C@H]3[C@H](c4cc(Cl)c(Cl)c(Cl)c4)C3(Cl)Cl)c2)c(F)cc1F. The summed E-state index contributed by atoms with van der Waals surface area (Å²) in [6.45, 7) is 2.84. The molecule has 0 unspecified atom stereocenters. The van der Waals surface area contributed by atoms with Crippen LogP contribution in [0.2, 0.25) is 15.1 Å². The normalized spacial score (nSPS) is 17.4. The summed E-state index contributed by atoms with van der Waals surface area (Å²) in [5, 5.41) is 7.80. The van der Waals surface area contributed by atoms with E-state index in [0.717, 1.165) is 13.0 Å². The Hall–Kier alpha value is -2.62. The largest absolute Gasteiger partial charge is 0.326 e. The summed E-state index contributed by atoms with van der Waals surface area (Å²) in [6.07, 6.45) is 0. The number of aryl methyl sites for hydroxylation is 1. The molecule has 6 nitrogen and oxygen atoms in total. The van der Waals surface area contributed by atoms with Gasteiger partial charge in [0.05, 0.1) is 32.4 Å². The third kappa shape index (κ3) is 6.26. The van der Waals surface area contributed by atoms with Gasteiger partial charge in [-0.05, 0) is 54.4 Å². The molecule has 4 rings (SSSR count). The molecule has 3 N–H and O–H groups in total. The van der Waals surface area contributed by atoms with Crippen molar-refractivity contribution in [2.75, 3.05) is 16.0 Å². The molecule has 0 saturated heterocycles. The van der Waals surface area contributed by atoms with Gasteiger partial charge in [0.25, 0.3) is 5.91 Å². The molecular weight excluding hydrogens is 618 g/mol. The highest BCUT2D eigenvalue weighted by atomic mass is 35.5. The average Bonchev–Trinajstić information content (AvgIpc) is 3.41. The number of nitrogens with one attached hydrogen (secondary N) is 3. The van der Waals surface area contributed by atoms with Crippen LogP contribution in [0.25, 0.3) is 0 Å². The first-order valence-electron chi connectivity index (χ1n) is 11.2. The maximum absolute atomic E-state index is 14.3. The molecule has 204 valence electrons. The zero-order valence-corrected chi connectivity index (χ0v) is 23.8. The molecule has 0 radical (unpaired) electrons. The van der Waals surface area contributed by atoms with Crippen molar-refractivity contribution in [2.24, 2.45) is 5.92 Å². The molecule has 3 aromatic carbocycles. The van der Waals surface area contributed by atoms with E-state index in [9.17, 15) is 23.2 Å². The second-order valence-corrected chi connectivity index (χ2v) is 11.6. The number of carbonyl (C=O) groups excluding carboxylic acids is 3. The quantitative estimate of drug-likeness (QED) is 0.190. The van der Waals surface area contributed by atoms with Crippen molar-refractivity contribution in [3.63, 3.8) is 0 Å². The second-order valence-electron chi connectivity index (χ2n) is 8.95. The molecule has 0 aromatic heterocycles. The zero-order chi connectivity index (χ0) is 28.8. The zero-order valence-electron chi connectivity index (χ0n) is 20.1. The molecule has 0 heterocycles. The van der Waals surface area contributed by atoms with Crippen molar-refractivity contribution in [3.8, 4) is 0 Å². The molecule has 1 saturated carbocycles. The van der Waals surface area contributed by atoms with Crippen LogP contribution < -0.4 is 16.0 Å². The number of hydrogen-bond acceptors (Lipinski definition) is 3. The smallest absolute Gasteiger partial charge is 0.255 e. The van der Waals surface area contributed by atoms with Crippen LogP contribution in [0.3, 0.4) is 0 Å². The van der Waals surface area contributed by atoms with Gasteiger partial charge >= 0.3 is 0 Å². The fourth-order valence-corrected chi connectivity index (χ4v) is 5.59. The molecule has 0 spiro atoms. The van der Waals surface area contributed by atoms with E-state index in [0.29, 0.717) is 17.2 Å². The predicted octanol–water partition coefficient (Wildman–Crippen LogP) is 7.97. The summed E-state index contributed by atoms with van der Waals surface area (Å²) in [7, 11) is 0. The van der Waals surface area contributed by atoms with Gasteiger partial charge in [-0.1, -0.05) is 34.8 Å². The predicted molar refractivity (Wildman–Crippen MR) is 151 cm³/mol. The summed E-state index contributed by atoms with van der Waals surface area (Å²) in [5.41, 5.74) is 0.802. The van der Waals surface area contributed by atoms with E-state index in [1.54, 1.807) is 13.0 Å². The Morgan fingerprint density at radius 2 is 1.41 bits per heavy atom. The van der Waals surface area contributed by atoms with Gasteiger partial charge in [-0.15, -0.1) is 23.2 Å². The van der Waals surface area contributed by atoms with Gasteiger partial charge in [0, 0.05) is 30.2 Å². The Morgan fingerprint density at radius 3 is 2.00 bits per heavy atom. The van der Waals surface area contributed by atoms with Crippen LogP contribution in [0.5, 0.6) is 0 Å². The van der Waals surface area contributed by atoms with Crippen LogP contribution in [-0.2, 0) is 9.59 Å². The van der Waals surface area contributed by atoms with Crippen LogP contribution in [0, 0.1) is 24.5 Å². The standard InChI is InChI=1S/C26H18Cl5F2N3O3/c1-10-3-13(24(38)36-20-9-19(34-11(2)37)17(32)8-18(20)33)5-14(4-10)35-25(39)22-21(26(22,30)31)12-6-15(27)23(29)16(28)7-12/h3-9,21-22H,1-2H3,(H,34,37)(H,35,39)(H,36,38)/t21-,22+/m0/s1. The molecule has 2 atom stereocenters. The molecule has 1 aliphatic carbocycles.